The molecule has 0 radical (unpaired) electrons. The van der Waals surface area contributed by atoms with E-state index in [9.17, 15) is 18.8 Å². The van der Waals surface area contributed by atoms with Gasteiger partial charge in [-0.25, -0.2) is 14.1 Å². The summed E-state index contributed by atoms with van der Waals surface area (Å²) in [5.41, 5.74) is 2.57. The van der Waals surface area contributed by atoms with Crippen LogP contribution >= 0.6 is 31.9 Å². The van der Waals surface area contributed by atoms with Crippen molar-refractivity contribution in [1.82, 2.24) is 5.32 Å². The molecule has 1 aliphatic rings. The van der Waals surface area contributed by atoms with E-state index in [1.54, 1.807) is 12.1 Å². The SMILES string of the molecule is Cc1cccc(COc2c(Br)cc(/C=C3\C(=O)NC(=O)N(c4ccc(F)cc4)C3=O)cc2Br)c1. The minimum absolute atomic E-state index is 0.143. The number of urea groups is 1. The minimum atomic E-state index is -0.902. The molecule has 34 heavy (non-hydrogen) atoms. The van der Waals surface area contributed by atoms with E-state index < -0.39 is 23.7 Å². The molecule has 0 spiro atoms. The van der Waals surface area contributed by atoms with Crippen molar-refractivity contribution in [3.8, 4) is 5.75 Å². The van der Waals surface area contributed by atoms with Crippen molar-refractivity contribution in [2.24, 2.45) is 0 Å². The summed E-state index contributed by atoms with van der Waals surface area (Å²) in [6, 6.07) is 15.3. The van der Waals surface area contributed by atoms with Gasteiger partial charge in [-0.15, -0.1) is 0 Å². The third kappa shape index (κ3) is 5.10. The van der Waals surface area contributed by atoms with Crippen LogP contribution in [0.3, 0.4) is 0 Å². The van der Waals surface area contributed by atoms with Gasteiger partial charge in [-0.2, -0.15) is 0 Å². The average molecular weight is 588 g/mol. The Labute approximate surface area is 211 Å². The van der Waals surface area contributed by atoms with Crippen LogP contribution < -0.4 is 15.0 Å². The number of halogens is 3. The highest BCUT2D eigenvalue weighted by molar-refractivity contribution is 9.11. The monoisotopic (exact) mass is 586 g/mol. The van der Waals surface area contributed by atoms with Gasteiger partial charge in [0.1, 0.15) is 23.7 Å². The molecule has 3 aromatic carbocycles. The van der Waals surface area contributed by atoms with Crippen molar-refractivity contribution in [3.05, 3.63) is 97.7 Å². The molecule has 0 saturated carbocycles. The molecule has 0 unspecified atom stereocenters. The van der Waals surface area contributed by atoms with Gasteiger partial charge in [0.2, 0.25) is 0 Å². The minimum Gasteiger partial charge on any atom is -0.487 e. The first-order chi connectivity index (χ1) is 16.2. The smallest absolute Gasteiger partial charge is 0.335 e. The lowest BCUT2D eigenvalue weighted by Crippen LogP contribution is -2.54. The zero-order valence-electron chi connectivity index (χ0n) is 17.8. The second kappa shape index (κ2) is 9.90. The van der Waals surface area contributed by atoms with E-state index in [0.29, 0.717) is 26.9 Å². The van der Waals surface area contributed by atoms with Crippen LogP contribution in [0.2, 0.25) is 0 Å². The third-order valence-corrected chi connectivity index (χ3v) is 6.16. The third-order valence-electron chi connectivity index (χ3n) is 4.98. The highest BCUT2D eigenvalue weighted by Crippen LogP contribution is 2.36. The van der Waals surface area contributed by atoms with Gasteiger partial charge in [0, 0.05) is 0 Å². The lowest BCUT2D eigenvalue weighted by atomic mass is 10.1. The van der Waals surface area contributed by atoms with Gasteiger partial charge in [-0.3, -0.25) is 14.9 Å². The standard InChI is InChI=1S/C25H17Br2FN2O4/c1-14-3-2-4-15(9-14)13-34-22-20(26)11-16(12-21(22)27)10-19-23(31)29-25(33)30(24(19)32)18-7-5-17(28)6-8-18/h2-12H,13H2,1H3,(H,29,31,33)/b19-10+. The Bertz CT molecular complexity index is 1320. The molecule has 0 aromatic heterocycles. The Balaban J connectivity index is 1.60. The van der Waals surface area contributed by atoms with Gasteiger partial charge in [0.15, 0.2) is 0 Å². The van der Waals surface area contributed by atoms with Crippen LogP contribution in [0.15, 0.2) is 75.2 Å². The van der Waals surface area contributed by atoms with Crippen LogP contribution in [0.1, 0.15) is 16.7 Å². The summed E-state index contributed by atoms with van der Waals surface area (Å²) < 4.78 is 20.4. The van der Waals surface area contributed by atoms with Crippen LogP contribution in [0.25, 0.3) is 6.08 Å². The summed E-state index contributed by atoms with van der Waals surface area (Å²) in [5, 5.41) is 2.14. The largest absolute Gasteiger partial charge is 0.487 e. The summed E-state index contributed by atoms with van der Waals surface area (Å²) in [4.78, 5) is 38.5. The van der Waals surface area contributed by atoms with Crippen molar-refractivity contribution in [1.29, 1.82) is 0 Å². The van der Waals surface area contributed by atoms with Crippen LogP contribution in [0, 0.1) is 12.7 Å². The molecule has 9 heteroatoms. The highest BCUT2D eigenvalue weighted by atomic mass is 79.9. The van der Waals surface area contributed by atoms with Gasteiger partial charge in [-0.05, 0) is 92.4 Å². The maximum atomic E-state index is 13.3. The second-order valence-electron chi connectivity index (χ2n) is 7.53. The molecule has 1 saturated heterocycles. The number of aryl methyl sites for hydroxylation is 1. The molecule has 4 rings (SSSR count). The van der Waals surface area contributed by atoms with Gasteiger partial charge in [-0.1, -0.05) is 29.8 Å². The fourth-order valence-electron chi connectivity index (χ4n) is 3.41. The number of ether oxygens (including phenoxy) is 1. The van der Waals surface area contributed by atoms with Crippen molar-refractivity contribution >= 4 is 61.5 Å². The van der Waals surface area contributed by atoms with Crippen LogP contribution in [-0.4, -0.2) is 17.8 Å². The summed E-state index contributed by atoms with van der Waals surface area (Å²) >= 11 is 6.95. The predicted octanol–water partition coefficient (Wildman–Crippen LogP) is 5.90. The van der Waals surface area contributed by atoms with Gasteiger partial charge in [0.05, 0.1) is 14.6 Å². The summed E-state index contributed by atoms with van der Waals surface area (Å²) in [5.74, 6) is -1.58. The lowest BCUT2D eigenvalue weighted by Gasteiger charge is -2.26. The highest BCUT2D eigenvalue weighted by Gasteiger charge is 2.36. The lowest BCUT2D eigenvalue weighted by molar-refractivity contribution is -0.122. The van der Waals surface area contributed by atoms with E-state index in [1.807, 2.05) is 31.2 Å². The van der Waals surface area contributed by atoms with Gasteiger partial charge >= 0.3 is 6.03 Å². The number of carbonyl (C=O) groups excluding carboxylic acids is 3. The number of amides is 4. The first-order valence-corrected chi connectivity index (χ1v) is 11.7. The van der Waals surface area contributed by atoms with E-state index in [1.165, 1.54) is 18.2 Å². The molecule has 1 N–H and O–H groups in total. The number of benzene rings is 3. The summed E-state index contributed by atoms with van der Waals surface area (Å²) in [7, 11) is 0. The Morgan fingerprint density at radius 2 is 1.68 bits per heavy atom. The molecule has 0 atom stereocenters. The average Bonchev–Trinajstić information content (AvgIpc) is 2.77. The Morgan fingerprint density at radius 1 is 1.00 bits per heavy atom. The molecule has 3 aromatic rings. The van der Waals surface area contributed by atoms with E-state index >= 15 is 0 Å². The van der Waals surface area contributed by atoms with E-state index in [-0.39, 0.29) is 11.3 Å². The number of rotatable bonds is 5. The number of hydrogen-bond donors (Lipinski definition) is 1. The fourth-order valence-corrected chi connectivity index (χ4v) is 4.86. The zero-order valence-corrected chi connectivity index (χ0v) is 20.9. The number of anilines is 1. The van der Waals surface area contributed by atoms with Crippen LogP contribution in [0.4, 0.5) is 14.9 Å². The number of hydrogen-bond acceptors (Lipinski definition) is 4. The number of nitrogens with zero attached hydrogens (tertiary/aromatic N) is 1. The molecule has 1 fully saturated rings. The van der Waals surface area contributed by atoms with Gasteiger partial charge < -0.3 is 4.74 Å². The zero-order chi connectivity index (χ0) is 24.4. The summed E-state index contributed by atoms with van der Waals surface area (Å²) in [6.45, 7) is 2.36. The van der Waals surface area contributed by atoms with E-state index in [0.717, 1.165) is 28.2 Å². The van der Waals surface area contributed by atoms with Crippen molar-refractivity contribution in [3.63, 3.8) is 0 Å². The van der Waals surface area contributed by atoms with E-state index in [4.69, 9.17) is 4.74 Å². The first-order valence-electron chi connectivity index (χ1n) is 10.1. The number of carbonyl (C=O) groups is 3. The Hall–Kier alpha value is -3.30. The van der Waals surface area contributed by atoms with Crippen molar-refractivity contribution in [2.45, 2.75) is 13.5 Å². The van der Waals surface area contributed by atoms with Crippen LogP contribution in [-0.2, 0) is 16.2 Å². The molecule has 6 nitrogen and oxygen atoms in total. The van der Waals surface area contributed by atoms with Crippen molar-refractivity contribution in [2.75, 3.05) is 4.90 Å². The molecule has 0 bridgehead atoms. The molecular weight excluding hydrogens is 571 g/mol. The molecule has 172 valence electrons. The molecular formula is C25H17Br2FN2O4. The second-order valence-corrected chi connectivity index (χ2v) is 9.23. The summed E-state index contributed by atoms with van der Waals surface area (Å²) in [6.07, 6.45) is 1.38. The van der Waals surface area contributed by atoms with Gasteiger partial charge in [0.25, 0.3) is 11.8 Å². The molecule has 1 heterocycles. The Kier molecular flexibility index (Phi) is 6.95. The number of barbiturate groups is 1. The van der Waals surface area contributed by atoms with Crippen LogP contribution in [0.5, 0.6) is 5.75 Å². The molecule has 0 aliphatic carbocycles. The maximum Gasteiger partial charge on any atom is 0.335 e. The van der Waals surface area contributed by atoms with Crippen molar-refractivity contribution < 1.29 is 23.5 Å². The fraction of sp³-hybridized carbons (Fsp3) is 0.0800. The normalized spacial score (nSPS) is 15.0. The number of imide groups is 2. The number of nitrogens with one attached hydrogen (secondary N) is 1. The van der Waals surface area contributed by atoms with E-state index in [2.05, 4.69) is 37.2 Å². The molecule has 1 aliphatic heterocycles. The quantitative estimate of drug-likeness (QED) is 0.298. The Morgan fingerprint density at radius 3 is 2.32 bits per heavy atom. The maximum absolute atomic E-state index is 13.3. The first kappa shape index (κ1) is 23.8. The molecule has 4 amide bonds. The topological polar surface area (TPSA) is 75.7 Å². The predicted molar refractivity (Wildman–Crippen MR) is 133 cm³/mol.